The monoisotopic (exact) mass is 391 g/mol. The fourth-order valence-electron chi connectivity index (χ4n) is 1.72. The standard InChI is InChI=1S/C15H25N3O.HI/c1-3-13-8-7-9-14(12-13)18-15(16)17-10-5-6-11-19-4-2;/h7-9,12H,3-6,10-11H2,1-2H3,(H3,16,17,18);1H. The van der Waals surface area contributed by atoms with E-state index in [4.69, 9.17) is 10.5 Å². The zero-order valence-electron chi connectivity index (χ0n) is 12.4. The highest BCUT2D eigenvalue weighted by atomic mass is 127. The summed E-state index contributed by atoms with van der Waals surface area (Å²) in [5.41, 5.74) is 8.13. The Kier molecular flexibility index (Phi) is 11.5. The van der Waals surface area contributed by atoms with Gasteiger partial charge in [-0.3, -0.25) is 4.99 Å². The van der Waals surface area contributed by atoms with E-state index < -0.39 is 0 Å². The minimum atomic E-state index is 0. The molecule has 5 heteroatoms. The van der Waals surface area contributed by atoms with E-state index in [2.05, 4.69) is 29.4 Å². The zero-order chi connectivity index (χ0) is 13.9. The molecule has 20 heavy (non-hydrogen) atoms. The predicted molar refractivity (Wildman–Crippen MR) is 97.1 cm³/mol. The molecule has 114 valence electrons. The summed E-state index contributed by atoms with van der Waals surface area (Å²) in [5, 5.41) is 3.12. The summed E-state index contributed by atoms with van der Waals surface area (Å²) >= 11 is 0. The molecule has 0 bridgehead atoms. The third kappa shape index (κ3) is 8.37. The van der Waals surface area contributed by atoms with E-state index in [-0.39, 0.29) is 24.0 Å². The van der Waals surface area contributed by atoms with Crippen molar-refractivity contribution >= 4 is 35.6 Å². The first-order valence-corrected chi connectivity index (χ1v) is 6.99. The number of benzene rings is 1. The molecule has 0 amide bonds. The van der Waals surface area contributed by atoms with E-state index in [0.29, 0.717) is 5.96 Å². The largest absolute Gasteiger partial charge is 0.382 e. The van der Waals surface area contributed by atoms with Crippen LogP contribution < -0.4 is 11.1 Å². The van der Waals surface area contributed by atoms with E-state index in [1.54, 1.807) is 0 Å². The van der Waals surface area contributed by atoms with Gasteiger partial charge in [-0.2, -0.15) is 0 Å². The second-order valence-corrected chi connectivity index (χ2v) is 4.35. The molecule has 0 aromatic heterocycles. The molecule has 1 rings (SSSR count). The fraction of sp³-hybridized carbons (Fsp3) is 0.533. The summed E-state index contributed by atoms with van der Waals surface area (Å²) in [5.74, 6) is 0.477. The van der Waals surface area contributed by atoms with Crippen molar-refractivity contribution in [3.8, 4) is 0 Å². The van der Waals surface area contributed by atoms with Crippen molar-refractivity contribution in [3.05, 3.63) is 29.8 Å². The van der Waals surface area contributed by atoms with Crippen molar-refractivity contribution in [2.45, 2.75) is 33.1 Å². The molecule has 4 nitrogen and oxygen atoms in total. The number of guanidine groups is 1. The summed E-state index contributed by atoms with van der Waals surface area (Å²) in [4.78, 5) is 4.30. The van der Waals surface area contributed by atoms with Crippen LogP contribution in [0.5, 0.6) is 0 Å². The van der Waals surface area contributed by atoms with Gasteiger partial charge in [-0.15, -0.1) is 24.0 Å². The van der Waals surface area contributed by atoms with Crippen LogP contribution in [0.4, 0.5) is 5.69 Å². The Morgan fingerprint density at radius 1 is 1.30 bits per heavy atom. The Bertz CT molecular complexity index is 396. The number of rotatable bonds is 8. The first kappa shape index (κ1) is 19.2. The molecule has 0 saturated carbocycles. The Labute approximate surface area is 139 Å². The van der Waals surface area contributed by atoms with Crippen LogP contribution >= 0.6 is 24.0 Å². The quantitative estimate of drug-likeness (QED) is 0.309. The van der Waals surface area contributed by atoms with Gasteiger partial charge < -0.3 is 15.8 Å². The molecule has 1 aromatic rings. The Morgan fingerprint density at radius 2 is 2.10 bits per heavy atom. The highest BCUT2D eigenvalue weighted by Gasteiger charge is 1.96. The summed E-state index contributed by atoms with van der Waals surface area (Å²) < 4.78 is 5.27. The molecule has 0 radical (unpaired) electrons. The van der Waals surface area contributed by atoms with E-state index in [0.717, 1.165) is 44.7 Å². The Balaban J connectivity index is 0.00000361. The van der Waals surface area contributed by atoms with Gasteiger partial charge in [0.25, 0.3) is 0 Å². The average Bonchev–Trinajstić information content (AvgIpc) is 2.43. The number of halogens is 1. The van der Waals surface area contributed by atoms with Crippen molar-refractivity contribution in [2.24, 2.45) is 10.7 Å². The van der Waals surface area contributed by atoms with Crippen molar-refractivity contribution in [3.63, 3.8) is 0 Å². The number of anilines is 1. The molecule has 1 aromatic carbocycles. The van der Waals surface area contributed by atoms with Gasteiger partial charge >= 0.3 is 0 Å². The second-order valence-electron chi connectivity index (χ2n) is 4.35. The van der Waals surface area contributed by atoms with E-state index in [1.807, 2.05) is 19.1 Å². The van der Waals surface area contributed by atoms with Gasteiger partial charge in [0.2, 0.25) is 0 Å². The lowest BCUT2D eigenvalue weighted by Gasteiger charge is -2.07. The van der Waals surface area contributed by atoms with Gasteiger partial charge in [0.15, 0.2) is 5.96 Å². The summed E-state index contributed by atoms with van der Waals surface area (Å²) in [7, 11) is 0. The van der Waals surface area contributed by atoms with Crippen LogP contribution in [0.3, 0.4) is 0 Å². The van der Waals surface area contributed by atoms with Gasteiger partial charge in [0.05, 0.1) is 0 Å². The smallest absolute Gasteiger partial charge is 0.193 e. The van der Waals surface area contributed by atoms with Crippen molar-refractivity contribution in [1.29, 1.82) is 0 Å². The van der Waals surface area contributed by atoms with Crippen molar-refractivity contribution in [2.75, 3.05) is 25.1 Å². The van der Waals surface area contributed by atoms with Crippen LogP contribution in [0, 0.1) is 0 Å². The van der Waals surface area contributed by atoms with E-state index in [1.165, 1.54) is 5.56 Å². The van der Waals surface area contributed by atoms with Crippen LogP contribution in [0.25, 0.3) is 0 Å². The first-order chi connectivity index (χ1) is 9.26. The molecule has 3 N–H and O–H groups in total. The minimum absolute atomic E-state index is 0. The van der Waals surface area contributed by atoms with Crippen LogP contribution in [-0.2, 0) is 11.2 Å². The van der Waals surface area contributed by atoms with Crippen LogP contribution in [0.1, 0.15) is 32.3 Å². The maximum atomic E-state index is 5.85. The molecular formula is C15H26IN3O. The summed E-state index contributed by atoms with van der Waals surface area (Å²) in [6, 6.07) is 8.22. The molecule has 0 aliphatic rings. The van der Waals surface area contributed by atoms with Crippen LogP contribution in [-0.4, -0.2) is 25.7 Å². The molecule has 0 heterocycles. The molecule has 0 aliphatic heterocycles. The molecule has 0 saturated heterocycles. The molecular weight excluding hydrogens is 365 g/mol. The lowest BCUT2D eigenvalue weighted by molar-refractivity contribution is 0.144. The highest BCUT2D eigenvalue weighted by Crippen LogP contribution is 2.10. The van der Waals surface area contributed by atoms with Gasteiger partial charge in [-0.05, 0) is 43.9 Å². The molecule has 0 spiro atoms. The first-order valence-electron chi connectivity index (χ1n) is 6.99. The third-order valence-electron chi connectivity index (χ3n) is 2.79. The zero-order valence-corrected chi connectivity index (χ0v) is 14.7. The summed E-state index contributed by atoms with van der Waals surface area (Å²) in [6.07, 6.45) is 3.04. The average molecular weight is 391 g/mol. The lowest BCUT2D eigenvalue weighted by atomic mass is 10.1. The van der Waals surface area contributed by atoms with Crippen LogP contribution in [0.2, 0.25) is 0 Å². The number of hydrogen-bond donors (Lipinski definition) is 2. The lowest BCUT2D eigenvalue weighted by Crippen LogP contribution is -2.22. The fourth-order valence-corrected chi connectivity index (χ4v) is 1.72. The number of ether oxygens (including phenoxy) is 1. The third-order valence-corrected chi connectivity index (χ3v) is 2.79. The number of nitrogens with two attached hydrogens (primary N) is 1. The number of nitrogens with zero attached hydrogens (tertiary/aromatic N) is 1. The van der Waals surface area contributed by atoms with E-state index in [9.17, 15) is 0 Å². The van der Waals surface area contributed by atoms with Gasteiger partial charge in [-0.25, -0.2) is 0 Å². The highest BCUT2D eigenvalue weighted by molar-refractivity contribution is 14.0. The number of aryl methyl sites for hydroxylation is 1. The molecule has 0 aliphatic carbocycles. The number of unbranched alkanes of at least 4 members (excludes halogenated alkanes) is 1. The van der Waals surface area contributed by atoms with Crippen LogP contribution in [0.15, 0.2) is 29.3 Å². The molecule has 0 fully saturated rings. The maximum absolute atomic E-state index is 5.85. The van der Waals surface area contributed by atoms with Crippen molar-refractivity contribution in [1.82, 2.24) is 0 Å². The van der Waals surface area contributed by atoms with Gasteiger partial charge in [0, 0.05) is 25.4 Å². The Hall–Kier alpha value is -0.820. The van der Waals surface area contributed by atoms with Gasteiger partial charge in [-0.1, -0.05) is 19.1 Å². The van der Waals surface area contributed by atoms with Crippen molar-refractivity contribution < 1.29 is 4.74 Å². The summed E-state index contributed by atoms with van der Waals surface area (Å²) in [6.45, 7) is 6.46. The molecule has 0 atom stereocenters. The predicted octanol–water partition coefficient (Wildman–Crippen LogP) is 3.41. The number of nitrogens with one attached hydrogen (secondary N) is 1. The topological polar surface area (TPSA) is 59.6 Å². The number of hydrogen-bond acceptors (Lipinski definition) is 2. The van der Waals surface area contributed by atoms with E-state index >= 15 is 0 Å². The maximum Gasteiger partial charge on any atom is 0.193 e. The molecule has 0 unspecified atom stereocenters. The second kappa shape index (κ2) is 12.0. The minimum Gasteiger partial charge on any atom is -0.382 e. The van der Waals surface area contributed by atoms with Gasteiger partial charge in [0.1, 0.15) is 0 Å². The Morgan fingerprint density at radius 3 is 2.80 bits per heavy atom. The normalized spacial score (nSPS) is 11.0. The number of aliphatic imine (C=N–C) groups is 1. The SMILES string of the molecule is CCOCCCCN=C(N)Nc1cccc(CC)c1.I.